The van der Waals surface area contributed by atoms with Gasteiger partial charge in [-0.1, -0.05) is 23.7 Å². The molecule has 4 aromatic rings. The molecule has 0 saturated carbocycles. The summed E-state index contributed by atoms with van der Waals surface area (Å²) in [5.74, 6) is -1.35. The van der Waals surface area contributed by atoms with Gasteiger partial charge in [0.05, 0.1) is 23.4 Å². The number of rotatable bonds is 3. The fourth-order valence-corrected chi connectivity index (χ4v) is 4.59. The molecule has 2 atom stereocenters. The van der Waals surface area contributed by atoms with E-state index < -0.39 is 17.6 Å². The van der Waals surface area contributed by atoms with Crippen LogP contribution < -0.4 is 5.56 Å². The van der Waals surface area contributed by atoms with Crippen molar-refractivity contribution in [2.45, 2.75) is 31.0 Å². The molecule has 1 aliphatic heterocycles. The zero-order valence-corrected chi connectivity index (χ0v) is 19.6. The second-order valence-electron chi connectivity index (χ2n) is 8.62. The number of halogens is 4. The molecule has 1 aromatic carbocycles. The number of hydrogen-bond acceptors (Lipinski definition) is 5. The number of fused-ring (bicyclic) bond motifs is 1. The predicted molar refractivity (Wildman–Crippen MR) is 124 cm³/mol. The van der Waals surface area contributed by atoms with Crippen molar-refractivity contribution in [1.82, 2.24) is 24.3 Å². The minimum atomic E-state index is -4.80. The van der Waals surface area contributed by atoms with E-state index in [1.807, 2.05) is 13.2 Å². The first kappa shape index (κ1) is 23.5. The lowest BCUT2D eigenvalue weighted by molar-refractivity contribution is -0.147. The largest absolute Gasteiger partial charge is 0.449 e. The van der Waals surface area contributed by atoms with E-state index in [0.717, 1.165) is 12.6 Å². The van der Waals surface area contributed by atoms with Gasteiger partial charge in [-0.3, -0.25) is 19.0 Å². The second-order valence-corrected chi connectivity index (χ2v) is 9.06. The van der Waals surface area contributed by atoms with Crippen LogP contribution in [0.5, 0.6) is 0 Å². The summed E-state index contributed by atoms with van der Waals surface area (Å²) in [5, 5.41) is 4.76. The highest BCUT2D eigenvalue weighted by Gasteiger charge is 2.37. The van der Waals surface area contributed by atoms with E-state index in [0.29, 0.717) is 40.3 Å². The Kier molecular flexibility index (Phi) is 5.88. The molecule has 1 saturated heterocycles. The number of benzene rings is 1. The summed E-state index contributed by atoms with van der Waals surface area (Å²) in [6.07, 6.45) is -0.109. The lowest BCUT2D eigenvalue weighted by Crippen LogP contribution is -2.28. The van der Waals surface area contributed by atoms with Crippen LogP contribution in [0.4, 0.5) is 13.2 Å². The molecule has 0 amide bonds. The maximum absolute atomic E-state index is 13.6. The summed E-state index contributed by atoms with van der Waals surface area (Å²) in [6, 6.07) is 8.12. The summed E-state index contributed by atoms with van der Waals surface area (Å²) >= 11 is 6.02. The third kappa shape index (κ3) is 4.43. The monoisotopic (exact) mass is 503 g/mol. The molecule has 0 bridgehead atoms. The summed E-state index contributed by atoms with van der Waals surface area (Å²) in [6.45, 7) is 0.476. The van der Waals surface area contributed by atoms with Crippen LogP contribution in [-0.4, -0.2) is 30.9 Å². The molecular formula is C24H21ClF3N5O2. The Morgan fingerprint density at radius 1 is 1.14 bits per heavy atom. The van der Waals surface area contributed by atoms with Crippen LogP contribution in [0.25, 0.3) is 22.2 Å². The van der Waals surface area contributed by atoms with Crippen molar-refractivity contribution in [2.75, 3.05) is 6.61 Å². The first-order valence-corrected chi connectivity index (χ1v) is 11.3. The molecule has 7 nitrogen and oxygen atoms in total. The molecule has 0 spiro atoms. The fourth-order valence-electron chi connectivity index (χ4n) is 4.47. The van der Waals surface area contributed by atoms with E-state index in [9.17, 15) is 18.0 Å². The third-order valence-corrected chi connectivity index (χ3v) is 6.51. The first-order valence-electron chi connectivity index (χ1n) is 11.0. The summed E-state index contributed by atoms with van der Waals surface area (Å²) in [4.78, 5) is 21.7. The Morgan fingerprint density at radius 3 is 2.54 bits per heavy atom. The van der Waals surface area contributed by atoms with Crippen LogP contribution in [0.2, 0.25) is 5.02 Å². The lowest BCUT2D eigenvalue weighted by Gasteiger charge is -2.29. The smallest absolute Gasteiger partial charge is 0.373 e. The Labute approximate surface area is 203 Å². The van der Waals surface area contributed by atoms with E-state index >= 15 is 0 Å². The first-order chi connectivity index (χ1) is 16.6. The Balaban J connectivity index is 1.68. The van der Waals surface area contributed by atoms with Crippen LogP contribution in [-0.2, 0) is 25.0 Å². The quantitative estimate of drug-likeness (QED) is 0.392. The maximum atomic E-state index is 13.6. The van der Waals surface area contributed by atoms with Crippen molar-refractivity contribution in [2.24, 2.45) is 14.1 Å². The van der Waals surface area contributed by atoms with Gasteiger partial charge in [0.25, 0.3) is 5.56 Å². The summed E-state index contributed by atoms with van der Waals surface area (Å²) < 4.78 is 49.1. The van der Waals surface area contributed by atoms with Crippen molar-refractivity contribution in [3.8, 4) is 11.3 Å². The van der Waals surface area contributed by atoms with Gasteiger partial charge in [0.15, 0.2) is 0 Å². The molecule has 0 N–H and O–H groups in total. The Bertz CT molecular complexity index is 1460. The van der Waals surface area contributed by atoms with Gasteiger partial charge in [-0.25, -0.2) is 4.98 Å². The van der Waals surface area contributed by atoms with Gasteiger partial charge in [-0.05, 0) is 31.0 Å². The van der Waals surface area contributed by atoms with Gasteiger partial charge in [0, 0.05) is 54.7 Å². The molecule has 0 radical (unpaired) electrons. The summed E-state index contributed by atoms with van der Waals surface area (Å²) in [7, 11) is 2.90. The van der Waals surface area contributed by atoms with Crippen LogP contribution in [0.3, 0.4) is 0 Å². The normalized spacial score (nSPS) is 18.8. The number of aromatic nitrogens is 5. The van der Waals surface area contributed by atoms with Gasteiger partial charge >= 0.3 is 6.18 Å². The molecule has 0 aliphatic carbocycles. The molecular weight excluding hydrogens is 483 g/mol. The van der Waals surface area contributed by atoms with E-state index in [1.165, 1.54) is 0 Å². The van der Waals surface area contributed by atoms with Crippen LogP contribution >= 0.6 is 11.6 Å². The number of ether oxygens (including phenoxy) is 1. The predicted octanol–water partition coefficient (Wildman–Crippen LogP) is 5.04. The highest BCUT2D eigenvalue weighted by molar-refractivity contribution is 6.30. The third-order valence-electron chi connectivity index (χ3n) is 6.25. The number of alkyl halides is 3. The standard InChI is InChI=1S/C24H21ClF3N5O2/c1-32-12-15(11-29-32)19-9-14(7-8-35-19)18-10-17-21(20(30-18)13-3-5-16(25)6-4-13)31-23(24(26,27)28)33(2)22(17)34/h3-6,10-12,14,19H,7-9H2,1-2H3/t14-,19+/m0/s1. The zero-order chi connectivity index (χ0) is 24.9. The van der Waals surface area contributed by atoms with Crippen molar-refractivity contribution >= 4 is 22.5 Å². The topological polar surface area (TPSA) is 74.8 Å². The minimum Gasteiger partial charge on any atom is -0.373 e. The van der Waals surface area contributed by atoms with Crippen molar-refractivity contribution in [3.05, 3.63) is 75.2 Å². The second kappa shape index (κ2) is 8.76. The molecule has 1 aliphatic rings. The number of nitrogens with zero attached hydrogens (tertiary/aromatic N) is 5. The summed E-state index contributed by atoms with van der Waals surface area (Å²) in [5.41, 5.74) is 1.40. The molecule has 4 heterocycles. The molecule has 1 fully saturated rings. The van der Waals surface area contributed by atoms with Crippen molar-refractivity contribution < 1.29 is 17.9 Å². The van der Waals surface area contributed by atoms with Gasteiger partial charge in [-0.2, -0.15) is 18.3 Å². The highest BCUT2D eigenvalue weighted by Crippen LogP contribution is 2.39. The molecule has 11 heteroatoms. The number of hydrogen-bond donors (Lipinski definition) is 0. The van der Waals surface area contributed by atoms with E-state index in [1.54, 1.807) is 41.2 Å². The SMILES string of the molecule is Cn1cc([C@H]2C[C@@H](c3cc4c(=O)n(C)c(C(F)(F)F)nc4c(-c4ccc(Cl)cc4)n3)CCO2)cn1. The maximum Gasteiger partial charge on any atom is 0.449 e. The lowest BCUT2D eigenvalue weighted by atomic mass is 9.89. The van der Waals surface area contributed by atoms with Gasteiger partial charge < -0.3 is 4.74 Å². The molecule has 35 heavy (non-hydrogen) atoms. The molecule has 3 aromatic heterocycles. The van der Waals surface area contributed by atoms with Crippen LogP contribution in [0, 0.1) is 0 Å². The molecule has 0 unspecified atom stereocenters. The highest BCUT2D eigenvalue weighted by atomic mass is 35.5. The van der Waals surface area contributed by atoms with E-state index in [2.05, 4.69) is 10.1 Å². The fraction of sp³-hybridized carbons (Fsp3) is 0.333. The molecule has 5 rings (SSSR count). The van der Waals surface area contributed by atoms with Crippen molar-refractivity contribution in [1.29, 1.82) is 0 Å². The average Bonchev–Trinajstić information content (AvgIpc) is 3.27. The van der Waals surface area contributed by atoms with Gasteiger partial charge in [0.1, 0.15) is 5.52 Å². The van der Waals surface area contributed by atoms with Gasteiger partial charge in [-0.15, -0.1) is 0 Å². The molecule has 182 valence electrons. The Morgan fingerprint density at radius 2 is 1.89 bits per heavy atom. The van der Waals surface area contributed by atoms with E-state index in [4.69, 9.17) is 21.3 Å². The Hall–Kier alpha value is -3.24. The number of aryl methyl sites for hydroxylation is 1. The number of pyridine rings is 1. The van der Waals surface area contributed by atoms with Crippen LogP contribution in [0.15, 0.2) is 47.5 Å². The zero-order valence-electron chi connectivity index (χ0n) is 18.9. The average molecular weight is 504 g/mol. The van der Waals surface area contributed by atoms with Crippen LogP contribution in [0.1, 0.15) is 41.9 Å². The minimum absolute atomic E-state index is 0.0728. The van der Waals surface area contributed by atoms with Crippen molar-refractivity contribution in [3.63, 3.8) is 0 Å². The van der Waals surface area contributed by atoms with E-state index in [-0.39, 0.29) is 28.6 Å². The van der Waals surface area contributed by atoms with Gasteiger partial charge in [0.2, 0.25) is 5.82 Å².